The van der Waals surface area contributed by atoms with E-state index in [1.54, 1.807) is 7.05 Å². The number of nitrogens with zero attached hydrogens (tertiary/aromatic N) is 1. The van der Waals surface area contributed by atoms with Gasteiger partial charge in [-0.2, -0.15) is 0 Å². The number of aromatic nitrogens is 1. The van der Waals surface area contributed by atoms with Crippen LogP contribution in [-0.2, 0) is 28.7 Å². The van der Waals surface area contributed by atoms with Gasteiger partial charge in [-0.05, 0) is 36.2 Å². The molecular formula is C21H27N5O2S. The van der Waals surface area contributed by atoms with Crippen LogP contribution in [0.15, 0.2) is 59.7 Å². The molecule has 8 heteroatoms. The number of aliphatic imine (C=N–C) groups is 1. The third-order valence-corrected chi connectivity index (χ3v) is 6.07. The van der Waals surface area contributed by atoms with Gasteiger partial charge in [0.15, 0.2) is 5.96 Å². The monoisotopic (exact) mass is 413 g/mol. The van der Waals surface area contributed by atoms with E-state index in [1.807, 2.05) is 36.4 Å². The molecular weight excluding hydrogens is 386 g/mol. The van der Waals surface area contributed by atoms with Crippen LogP contribution in [0.5, 0.6) is 0 Å². The van der Waals surface area contributed by atoms with Gasteiger partial charge >= 0.3 is 0 Å². The maximum atomic E-state index is 11.6. The van der Waals surface area contributed by atoms with Crippen molar-refractivity contribution in [2.24, 2.45) is 4.99 Å². The molecule has 0 saturated heterocycles. The highest BCUT2D eigenvalue weighted by Gasteiger charge is 2.08. The molecule has 7 nitrogen and oxygen atoms in total. The van der Waals surface area contributed by atoms with Crippen LogP contribution in [0.4, 0.5) is 0 Å². The maximum Gasteiger partial charge on any atom is 0.215 e. The Bertz CT molecular complexity index is 1070. The lowest BCUT2D eigenvalue weighted by Gasteiger charge is -2.12. The fourth-order valence-electron chi connectivity index (χ4n) is 3.11. The second-order valence-corrected chi connectivity index (χ2v) is 8.67. The highest BCUT2D eigenvalue weighted by atomic mass is 32.2. The molecule has 0 aliphatic heterocycles. The first kappa shape index (κ1) is 20.9. The number of fused-ring (bicyclic) bond motifs is 1. The standard InChI is InChI=1S/C21H27N5O2S/c1-22-21(24-12-11-18-14-25-20-6-4-3-5-19(18)20)26-13-16-7-9-17(10-8-16)15-29(27,28)23-2/h3-10,14,23,25H,11-13,15H2,1-2H3,(H2,22,24,26). The lowest BCUT2D eigenvalue weighted by Crippen LogP contribution is -2.37. The summed E-state index contributed by atoms with van der Waals surface area (Å²) in [6, 6.07) is 15.8. The molecule has 154 valence electrons. The van der Waals surface area contributed by atoms with Crippen molar-refractivity contribution in [3.63, 3.8) is 0 Å². The highest BCUT2D eigenvalue weighted by molar-refractivity contribution is 7.88. The summed E-state index contributed by atoms with van der Waals surface area (Å²) in [5, 5.41) is 7.86. The largest absolute Gasteiger partial charge is 0.361 e. The topological polar surface area (TPSA) is 98.4 Å². The number of guanidine groups is 1. The average Bonchev–Trinajstić information content (AvgIpc) is 3.14. The van der Waals surface area contributed by atoms with Crippen molar-refractivity contribution in [1.29, 1.82) is 0 Å². The number of aromatic amines is 1. The van der Waals surface area contributed by atoms with Crippen molar-refractivity contribution in [3.05, 3.63) is 71.4 Å². The van der Waals surface area contributed by atoms with Gasteiger partial charge in [-0.15, -0.1) is 0 Å². The van der Waals surface area contributed by atoms with Crippen LogP contribution >= 0.6 is 0 Å². The van der Waals surface area contributed by atoms with E-state index in [4.69, 9.17) is 0 Å². The third kappa shape index (κ3) is 5.82. The Morgan fingerprint density at radius 3 is 2.48 bits per heavy atom. The van der Waals surface area contributed by atoms with Gasteiger partial charge in [-0.25, -0.2) is 13.1 Å². The molecule has 29 heavy (non-hydrogen) atoms. The molecule has 3 aromatic rings. The van der Waals surface area contributed by atoms with Crippen LogP contribution in [0.2, 0.25) is 0 Å². The van der Waals surface area contributed by atoms with E-state index in [1.165, 1.54) is 18.0 Å². The molecule has 1 heterocycles. The van der Waals surface area contributed by atoms with Gasteiger partial charge in [0, 0.05) is 37.2 Å². The average molecular weight is 414 g/mol. The lowest BCUT2D eigenvalue weighted by molar-refractivity contribution is 0.587. The van der Waals surface area contributed by atoms with Crippen LogP contribution < -0.4 is 15.4 Å². The molecule has 0 atom stereocenters. The Morgan fingerprint density at radius 2 is 1.76 bits per heavy atom. The first-order valence-corrected chi connectivity index (χ1v) is 11.1. The quantitative estimate of drug-likeness (QED) is 0.336. The molecule has 0 aliphatic rings. The normalized spacial score (nSPS) is 12.3. The Balaban J connectivity index is 1.48. The molecule has 0 bridgehead atoms. The predicted molar refractivity (Wildman–Crippen MR) is 118 cm³/mol. The number of hydrogen-bond acceptors (Lipinski definition) is 3. The smallest absolute Gasteiger partial charge is 0.215 e. The third-order valence-electron chi connectivity index (χ3n) is 4.74. The van der Waals surface area contributed by atoms with E-state index < -0.39 is 10.0 Å². The van der Waals surface area contributed by atoms with Crippen LogP contribution in [-0.4, -0.2) is 40.0 Å². The summed E-state index contributed by atoms with van der Waals surface area (Å²) in [5.74, 6) is 0.709. The zero-order chi connectivity index (χ0) is 20.7. The van der Waals surface area contributed by atoms with Crippen LogP contribution in [0.3, 0.4) is 0 Å². The Morgan fingerprint density at radius 1 is 1.03 bits per heavy atom. The SMILES string of the molecule is CN=C(NCCc1c[nH]c2ccccc12)NCc1ccc(CS(=O)(=O)NC)cc1. The first-order valence-electron chi connectivity index (χ1n) is 9.49. The van der Waals surface area contributed by atoms with Crippen molar-refractivity contribution in [1.82, 2.24) is 20.3 Å². The minimum atomic E-state index is -3.25. The minimum absolute atomic E-state index is 0.0196. The molecule has 3 rings (SSSR count). The van der Waals surface area contributed by atoms with E-state index in [0.29, 0.717) is 6.54 Å². The summed E-state index contributed by atoms with van der Waals surface area (Å²) >= 11 is 0. The summed E-state index contributed by atoms with van der Waals surface area (Å²) < 4.78 is 25.6. The van der Waals surface area contributed by atoms with E-state index >= 15 is 0 Å². The number of rotatable bonds is 8. The van der Waals surface area contributed by atoms with E-state index in [2.05, 4.69) is 43.7 Å². The van der Waals surface area contributed by atoms with Crippen molar-refractivity contribution >= 4 is 26.9 Å². The van der Waals surface area contributed by atoms with Gasteiger partial charge < -0.3 is 15.6 Å². The summed E-state index contributed by atoms with van der Waals surface area (Å²) in [6.07, 6.45) is 2.94. The van der Waals surface area contributed by atoms with Gasteiger partial charge in [0.1, 0.15) is 0 Å². The second kappa shape index (κ2) is 9.58. The summed E-state index contributed by atoms with van der Waals surface area (Å²) in [4.78, 5) is 7.55. The fraction of sp³-hybridized carbons (Fsp3) is 0.286. The zero-order valence-corrected chi connectivity index (χ0v) is 17.5. The van der Waals surface area contributed by atoms with Crippen molar-refractivity contribution in [2.45, 2.75) is 18.7 Å². The Hall–Kier alpha value is -2.84. The minimum Gasteiger partial charge on any atom is -0.361 e. The molecule has 2 aromatic carbocycles. The van der Waals surface area contributed by atoms with Crippen LogP contribution in [0.25, 0.3) is 10.9 Å². The van der Waals surface area contributed by atoms with E-state index in [9.17, 15) is 8.42 Å². The summed E-state index contributed by atoms with van der Waals surface area (Å²) in [6.45, 7) is 1.37. The molecule has 0 unspecified atom stereocenters. The molecule has 0 spiro atoms. The highest BCUT2D eigenvalue weighted by Crippen LogP contribution is 2.17. The molecule has 4 N–H and O–H groups in total. The van der Waals surface area contributed by atoms with Gasteiger partial charge in [0.05, 0.1) is 5.75 Å². The van der Waals surface area contributed by atoms with Crippen molar-refractivity contribution in [3.8, 4) is 0 Å². The second-order valence-electron chi connectivity index (χ2n) is 6.74. The van der Waals surface area contributed by atoms with Crippen molar-refractivity contribution < 1.29 is 8.42 Å². The van der Waals surface area contributed by atoms with Crippen LogP contribution in [0, 0.1) is 0 Å². The lowest BCUT2D eigenvalue weighted by atomic mass is 10.1. The van der Waals surface area contributed by atoms with Gasteiger partial charge in [-0.3, -0.25) is 4.99 Å². The Kier molecular flexibility index (Phi) is 6.90. The molecule has 0 amide bonds. The maximum absolute atomic E-state index is 11.6. The molecule has 1 aromatic heterocycles. The number of hydrogen-bond donors (Lipinski definition) is 4. The van der Waals surface area contributed by atoms with Crippen LogP contribution in [0.1, 0.15) is 16.7 Å². The van der Waals surface area contributed by atoms with E-state index in [0.717, 1.165) is 35.6 Å². The molecule has 0 fully saturated rings. The number of para-hydroxylation sites is 1. The number of benzene rings is 2. The molecule has 0 radical (unpaired) electrons. The number of nitrogens with one attached hydrogen (secondary N) is 4. The Labute approximate surface area is 171 Å². The summed E-state index contributed by atoms with van der Waals surface area (Å²) in [5.41, 5.74) is 4.23. The van der Waals surface area contributed by atoms with Gasteiger partial charge in [0.25, 0.3) is 0 Å². The van der Waals surface area contributed by atoms with Crippen molar-refractivity contribution in [2.75, 3.05) is 20.6 Å². The molecule has 0 saturated carbocycles. The fourth-order valence-corrected chi connectivity index (χ4v) is 3.88. The predicted octanol–water partition coefficient (Wildman–Crippen LogP) is 2.12. The van der Waals surface area contributed by atoms with Gasteiger partial charge in [0.2, 0.25) is 10.0 Å². The number of sulfonamides is 1. The summed E-state index contributed by atoms with van der Waals surface area (Å²) in [7, 11) is -0.0907. The first-order chi connectivity index (χ1) is 14.0. The number of H-pyrrole nitrogens is 1. The van der Waals surface area contributed by atoms with Gasteiger partial charge in [-0.1, -0.05) is 42.5 Å². The molecule has 0 aliphatic carbocycles. The van der Waals surface area contributed by atoms with E-state index in [-0.39, 0.29) is 5.75 Å². The zero-order valence-electron chi connectivity index (χ0n) is 16.7.